The normalized spacial score (nSPS) is 20.9. The van der Waals surface area contributed by atoms with Crippen molar-refractivity contribution in [3.63, 3.8) is 0 Å². The maximum Gasteiger partial charge on any atom is 0.336 e. The quantitative estimate of drug-likeness (QED) is 0.784. The molecule has 0 radical (unpaired) electrons. The van der Waals surface area contributed by atoms with Crippen molar-refractivity contribution in [2.24, 2.45) is 0 Å². The van der Waals surface area contributed by atoms with Crippen LogP contribution in [0.15, 0.2) is 33.5 Å². The van der Waals surface area contributed by atoms with Crippen LogP contribution in [0.3, 0.4) is 0 Å². The number of rotatable bonds is 2. The van der Waals surface area contributed by atoms with Crippen molar-refractivity contribution in [1.82, 2.24) is 0 Å². The highest BCUT2D eigenvalue weighted by Gasteiger charge is 2.38. The van der Waals surface area contributed by atoms with E-state index in [1.165, 1.54) is 13.0 Å². The van der Waals surface area contributed by atoms with Gasteiger partial charge in [0.1, 0.15) is 23.0 Å². The molecule has 19 heavy (non-hydrogen) atoms. The lowest BCUT2D eigenvalue weighted by Gasteiger charge is -2.26. The first-order valence-corrected chi connectivity index (χ1v) is 6.06. The van der Waals surface area contributed by atoms with Crippen molar-refractivity contribution in [2.75, 3.05) is 6.61 Å². The molecular formula is C14H14O5. The van der Waals surface area contributed by atoms with Crippen molar-refractivity contribution < 1.29 is 19.4 Å². The largest absolute Gasteiger partial charge is 0.487 e. The van der Waals surface area contributed by atoms with Gasteiger partial charge in [0.05, 0.1) is 6.61 Å². The first kappa shape index (κ1) is 12.2. The number of aliphatic hydroxyl groups excluding tert-OH is 1. The van der Waals surface area contributed by atoms with Gasteiger partial charge in [0, 0.05) is 23.9 Å². The molecular weight excluding hydrogens is 248 g/mol. The van der Waals surface area contributed by atoms with E-state index in [1.807, 2.05) is 6.07 Å². The van der Waals surface area contributed by atoms with Crippen molar-refractivity contribution in [3.05, 3.63) is 40.2 Å². The molecule has 0 fully saturated rings. The van der Waals surface area contributed by atoms with Crippen LogP contribution < -0.4 is 10.4 Å². The van der Waals surface area contributed by atoms with Crippen LogP contribution in [0.4, 0.5) is 0 Å². The predicted molar refractivity (Wildman–Crippen MR) is 68.3 cm³/mol. The molecule has 0 saturated carbocycles. The molecule has 3 rings (SSSR count). The SMILES string of the molecule is CC(O)(CO)C1Cc2cc3ccc(=O)oc3cc2O1. The Kier molecular flexibility index (Phi) is 2.62. The smallest absolute Gasteiger partial charge is 0.336 e. The zero-order chi connectivity index (χ0) is 13.6. The van der Waals surface area contributed by atoms with E-state index in [-0.39, 0.29) is 6.61 Å². The minimum absolute atomic E-state index is 0.375. The highest BCUT2D eigenvalue weighted by atomic mass is 16.5. The molecule has 5 nitrogen and oxygen atoms in total. The zero-order valence-corrected chi connectivity index (χ0v) is 10.4. The Hall–Kier alpha value is -1.85. The van der Waals surface area contributed by atoms with Gasteiger partial charge in [-0.25, -0.2) is 4.79 Å². The first-order chi connectivity index (χ1) is 8.99. The number of benzene rings is 1. The molecule has 2 atom stereocenters. The van der Waals surface area contributed by atoms with Crippen LogP contribution in [0, 0.1) is 0 Å². The van der Waals surface area contributed by atoms with Gasteiger partial charge in [-0.15, -0.1) is 0 Å². The zero-order valence-electron chi connectivity index (χ0n) is 10.4. The van der Waals surface area contributed by atoms with E-state index in [2.05, 4.69) is 0 Å². The molecule has 1 aliphatic heterocycles. The molecule has 0 bridgehead atoms. The lowest BCUT2D eigenvalue weighted by Crippen LogP contribution is -2.45. The molecule has 5 heteroatoms. The third-order valence-corrected chi connectivity index (χ3v) is 3.49. The summed E-state index contributed by atoms with van der Waals surface area (Å²) in [5, 5.41) is 20.0. The van der Waals surface area contributed by atoms with E-state index in [4.69, 9.17) is 14.3 Å². The highest BCUT2D eigenvalue weighted by Crippen LogP contribution is 2.35. The van der Waals surface area contributed by atoms with Crippen LogP contribution in [0.1, 0.15) is 12.5 Å². The summed E-state index contributed by atoms with van der Waals surface area (Å²) in [6.07, 6.45) is 0.00819. The molecule has 1 aromatic carbocycles. The Labute approximate surface area is 109 Å². The fourth-order valence-electron chi connectivity index (χ4n) is 2.26. The fourth-order valence-corrected chi connectivity index (χ4v) is 2.26. The third kappa shape index (κ3) is 2.01. The maximum atomic E-state index is 11.2. The number of fused-ring (bicyclic) bond motifs is 2. The molecule has 1 aromatic heterocycles. The Bertz CT molecular complexity index is 686. The Morgan fingerprint density at radius 3 is 2.95 bits per heavy atom. The number of hydrogen-bond donors (Lipinski definition) is 2. The van der Waals surface area contributed by atoms with Gasteiger partial charge >= 0.3 is 5.63 Å². The predicted octanol–water partition coefficient (Wildman–Crippen LogP) is 0.840. The minimum Gasteiger partial charge on any atom is -0.487 e. The van der Waals surface area contributed by atoms with E-state index in [1.54, 1.807) is 12.1 Å². The highest BCUT2D eigenvalue weighted by molar-refractivity contribution is 5.79. The lowest BCUT2D eigenvalue weighted by atomic mass is 9.96. The standard InChI is InChI=1S/C14H14O5/c1-14(17,7-15)12-5-9-4-8-2-3-13(16)19-10(8)6-11(9)18-12/h2-4,6,12,15,17H,5,7H2,1H3. The van der Waals surface area contributed by atoms with E-state index in [0.29, 0.717) is 17.8 Å². The van der Waals surface area contributed by atoms with Crippen LogP contribution in [-0.2, 0) is 6.42 Å². The molecule has 0 aliphatic carbocycles. The molecule has 0 saturated heterocycles. The molecule has 0 amide bonds. The van der Waals surface area contributed by atoms with E-state index in [0.717, 1.165) is 10.9 Å². The van der Waals surface area contributed by atoms with Gasteiger partial charge in [0.2, 0.25) is 0 Å². The van der Waals surface area contributed by atoms with E-state index >= 15 is 0 Å². The number of ether oxygens (including phenoxy) is 1. The summed E-state index contributed by atoms with van der Waals surface area (Å²) in [7, 11) is 0. The van der Waals surface area contributed by atoms with Crippen LogP contribution in [0.5, 0.6) is 5.75 Å². The van der Waals surface area contributed by atoms with Gasteiger partial charge in [-0.3, -0.25) is 0 Å². The maximum absolute atomic E-state index is 11.2. The van der Waals surface area contributed by atoms with Crippen molar-refractivity contribution in [3.8, 4) is 5.75 Å². The fraction of sp³-hybridized carbons (Fsp3) is 0.357. The third-order valence-electron chi connectivity index (χ3n) is 3.49. The van der Waals surface area contributed by atoms with E-state index in [9.17, 15) is 9.90 Å². The Balaban J connectivity index is 2.04. The second-order valence-electron chi connectivity index (χ2n) is 5.08. The second kappa shape index (κ2) is 4.08. The summed E-state index contributed by atoms with van der Waals surface area (Å²) < 4.78 is 10.7. The lowest BCUT2D eigenvalue weighted by molar-refractivity contribution is -0.0729. The van der Waals surface area contributed by atoms with Crippen molar-refractivity contribution in [2.45, 2.75) is 25.0 Å². The molecule has 1 aliphatic rings. The minimum atomic E-state index is -1.30. The first-order valence-electron chi connectivity index (χ1n) is 6.06. The average Bonchev–Trinajstić information content (AvgIpc) is 2.79. The van der Waals surface area contributed by atoms with Gasteiger partial charge in [0.25, 0.3) is 0 Å². The van der Waals surface area contributed by atoms with Gasteiger partial charge in [-0.2, -0.15) is 0 Å². The molecule has 2 unspecified atom stereocenters. The van der Waals surface area contributed by atoms with Gasteiger partial charge in [0.15, 0.2) is 0 Å². The second-order valence-corrected chi connectivity index (χ2v) is 5.08. The summed E-state index contributed by atoms with van der Waals surface area (Å²) in [5.41, 5.74) is -0.327. The monoisotopic (exact) mass is 262 g/mol. The summed E-state index contributed by atoms with van der Waals surface area (Å²) in [6.45, 7) is 1.16. The number of aliphatic hydroxyl groups is 2. The molecule has 2 aromatic rings. The summed E-state index contributed by atoms with van der Waals surface area (Å²) in [5.74, 6) is 0.584. The van der Waals surface area contributed by atoms with Crippen molar-refractivity contribution >= 4 is 11.0 Å². The topological polar surface area (TPSA) is 79.9 Å². The van der Waals surface area contributed by atoms with Crippen LogP contribution >= 0.6 is 0 Å². The number of hydrogen-bond acceptors (Lipinski definition) is 5. The summed E-state index contributed by atoms with van der Waals surface area (Å²) >= 11 is 0. The van der Waals surface area contributed by atoms with Gasteiger partial charge in [-0.1, -0.05) is 0 Å². The van der Waals surface area contributed by atoms with E-state index < -0.39 is 17.3 Å². The molecule has 100 valence electrons. The molecule has 2 heterocycles. The van der Waals surface area contributed by atoms with Gasteiger partial charge in [-0.05, 0) is 24.6 Å². The van der Waals surface area contributed by atoms with Crippen LogP contribution in [0.25, 0.3) is 11.0 Å². The molecule has 0 spiro atoms. The summed E-state index contributed by atoms with van der Waals surface area (Å²) in [4.78, 5) is 11.2. The molecule has 2 N–H and O–H groups in total. The Morgan fingerprint density at radius 2 is 2.21 bits per heavy atom. The summed E-state index contributed by atoms with van der Waals surface area (Å²) in [6, 6.07) is 6.59. The van der Waals surface area contributed by atoms with Crippen LogP contribution in [0.2, 0.25) is 0 Å². The van der Waals surface area contributed by atoms with Gasteiger partial charge < -0.3 is 19.4 Å². The van der Waals surface area contributed by atoms with Crippen LogP contribution in [-0.4, -0.2) is 28.5 Å². The Morgan fingerprint density at radius 1 is 1.42 bits per heavy atom. The average molecular weight is 262 g/mol. The van der Waals surface area contributed by atoms with Crippen molar-refractivity contribution in [1.29, 1.82) is 0 Å².